The number of nitrogen functional groups attached to an aromatic ring is 1. The number of aryl methyl sites for hydroxylation is 1. The molecule has 0 saturated carbocycles. The normalized spacial score (nSPS) is 10.4. The van der Waals surface area contributed by atoms with E-state index < -0.39 is 0 Å². The van der Waals surface area contributed by atoms with Gasteiger partial charge in [-0.1, -0.05) is 35.9 Å². The molecule has 0 unspecified atom stereocenters. The van der Waals surface area contributed by atoms with Crippen molar-refractivity contribution in [3.63, 3.8) is 0 Å². The molecule has 3 rings (SSSR count). The number of hydrogen-bond acceptors (Lipinski definition) is 3. The van der Waals surface area contributed by atoms with Crippen molar-refractivity contribution in [3.8, 4) is 6.07 Å². The number of rotatable bonds is 4. The van der Waals surface area contributed by atoms with E-state index in [-0.39, 0.29) is 5.78 Å². The van der Waals surface area contributed by atoms with Gasteiger partial charge in [0.25, 0.3) is 0 Å². The number of aromatic nitrogens is 1. The molecule has 0 saturated heterocycles. The summed E-state index contributed by atoms with van der Waals surface area (Å²) in [5.41, 5.74) is 11.2. The third-order valence-electron chi connectivity index (χ3n) is 4.40. The summed E-state index contributed by atoms with van der Waals surface area (Å²) < 4.78 is 1.89. The van der Waals surface area contributed by atoms with E-state index in [0.717, 1.165) is 16.8 Å². The molecule has 0 amide bonds. The highest BCUT2D eigenvalue weighted by molar-refractivity contribution is 6.08. The number of nitriles is 1. The third-order valence-corrected chi connectivity index (χ3v) is 4.40. The number of carbonyl (C=O) groups is 1. The molecule has 2 aromatic carbocycles. The van der Waals surface area contributed by atoms with Gasteiger partial charge in [0.15, 0.2) is 0 Å². The quantitative estimate of drug-likeness (QED) is 0.587. The van der Waals surface area contributed by atoms with E-state index in [1.165, 1.54) is 0 Å². The van der Waals surface area contributed by atoms with Crippen molar-refractivity contribution in [1.29, 1.82) is 5.26 Å². The zero-order valence-electron chi connectivity index (χ0n) is 14.3. The SMILES string of the molecule is Cc1ccc(C(=O)c2ccc(Cc3ccc(N)cc3C#N)n2C)cc1. The second-order valence-electron chi connectivity index (χ2n) is 6.17. The number of carbonyl (C=O) groups excluding carboxylic acids is 1. The van der Waals surface area contributed by atoms with Gasteiger partial charge in [0.1, 0.15) is 0 Å². The van der Waals surface area contributed by atoms with E-state index in [9.17, 15) is 10.1 Å². The molecule has 1 aromatic heterocycles. The fraction of sp³-hybridized carbons (Fsp3) is 0.143. The van der Waals surface area contributed by atoms with Crippen molar-refractivity contribution in [1.82, 2.24) is 4.57 Å². The number of hydrogen-bond donors (Lipinski definition) is 1. The molecule has 0 aliphatic carbocycles. The fourth-order valence-electron chi connectivity index (χ4n) is 2.86. The van der Waals surface area contributed by atoms with E-state index in [1.54, 1.807) is 12.1 Å². The fourth-order valence-corrected chi connectivity index (χ4v) is 2.86. The number of anilines is 1. The van der Waals surface area contributed by atoms with E-state index >= 15 is 0 Å². The van der Waals surface area contributed by atoms with Gasteiger partial charge in [0, 0.05) is 30.4 Å². The molecule has 2 N–H and O–H groups in total. The first-order chi connectivity index (χ1) is 12.0. The molecule has 0 radical (unpaired) electrons. The minimum atomic E-state index is -0.00781. The molecule has 1 heterocycles. The van der Waals surface area contributed by atoms with Crippen molar-refractivity contribution >= 4 is 11.5 Å². The van der Waals surface area contributed by atoms with Gasteiger partial charge in [-0.3, -0.25) is 4.79 Å². The zero-order chi connectivity index (χ0) is 18.0. The third kappa shape index (κ3) is 3.31. The number of benzene rings is 2. The summed E-state index contributed by atoms with van der Waals surface area (Å²) in [7, 11) is 1.88. The highest BCUT2D eigenvalue weighted by Crippen LogP contribution is 2.20. The van der Waals surface area contributed by atoms with Gasteiger partial charge in [0.05, 0.1) is 17.3 Å². The van der Waals surface area contributed by atoms with Crippen LogP contribution in [-0.4, -0.2) is 10.4 Å². The molecule has 0 spiro atoms. The Kier molecular flexibility index (Phi) is 4.40. The molecular weight excluding hydrogens is 310 g/mol. The van der Waals surface area contributed by atoms with Crippen LogP contribution in [0, 0.1) is 18.3 Å². The summed E-state index contributed by atoms with van der Waals surface area (Å²) in [6.45, 7) is 1.99. The molecule has 0 atom stereocenters. The number of nitrogens with two attached hydrogens (primary N) is 1. The molecule has 0 aliphatic rings. The lowest BCUT2D eigenvalue weighted by Gasteiger charge is -2.09. The van der Waals surface area contributed by atoms with Gasteiger partial charge in [-0.2, -0.15) is 5.26 Å². The Bertz CT molecular complexity index is 975. The first-order valence-corrected chi connectivity index (χ1v) is 8.04. The summed E-state index contributed by atoms with van der Waals surface area (Å²) in [5.74, 6) is -0.00781. The minimum absolute atomic E-state index is 0.00781. The van der Waals surface area contributed by atoms with Gasteiger partial charge >= 0.3 is 0 Å². The molecule has 0 fully saturated rings. The zero-order valence-corrected chi connectivity index (χ0v) is 14.3. The smallest absolute Gasteiger partial charge is 0.209 e. The van der Waals surface area contributed by atoms with Crippen LogP contribution in [0.2, 0.25) is 0 Å². The van der Waals surface area contributed by atoms with E-state index in [1.807, 2.05) is 61.0 Å². The lowest BCUT2D eigenvalue weighted by Crippen LogP contribution is -2.09. The van der Waals surface area contributed by atoms with Crippen LogP contribution >= 0.6 is 0 Å². The minimum Gasteiger partial charge on any atom is -0.399 e. The highest BCUT2D eigenvalue weighted by Gasteiger charge is 2.15. The monoisotopic (exact) mass is 329 g/mol. The van der Waals surface area contributed by atoms with Gasteiger partial charge < -0.3 is 10.3 Å². The van der Waals surface area contributed by atoms with Gasteiger partial charge in [-0.25, -0.2) is 0 Å². The average molecular weight is 329 g/mol. The molecule has 0 aliphatic heterocycles. The van der Waals surface area contributed by atoms with Crippen molar-refractivity contribution < 1.29 is 4.79 Å². The lowest BCUT2D eigenvalue weighted by molar-refractivity contribution is 0.103. The molecule has 124 valence electrons. The average Bonchev–Trinajstić information content (AvgIpc) is 2.97. The number of nitrogens with zero attached hydrogens (tertiary/aromatic N) is 2. The van der Waals surface area contributed by atoms with Crippen LogP contribution in [0.3, 0.4) is 0 Å². The maximum Gasteiger partial charge on any atom is 0.209 e. The van der Waals surface area contributed by atoms with Crippen molar-refractivity contribution in [3.05, 3.63) is 88.2 Å². The summed E-state index contributed by atoms with van der Waals surface area (Å²) in [6, 6.07) is 18.8. The van der Waals surface area contributed by atoms with Crippen LogP contribution in [0.1, 0.15) is 38.4 Å². The molecule has 4 nitrogen and oxygen atoms in total. The Morgan fingerprint density at radius 1 is 1.12 bits per heavy atom. The molecule has 25 heavy (non-hydrogen) atoms. The Hall–Kier alpha value is -3.32. The van der Waals surface area contributed by atoms with Gasteiger partial charge in [0.2, 0.25) is 5.78 Å². The Balaban J connectivity index is 1.90. The van der Waals surface area contributed by atoms with E-state index in [0.29, 0.717) is 28.9 Å². The second-order valence-corrected chi connectivity index (χ2v) is 6.17. The predicted octanol–water partition coefficient (Wildman–Crippen LogP) is 3.61. The Labute approximate surface area is 147 Å². The maximum absolute atomic E-state index is 12.7. The maximum atomic E-state index is 12.7. The highest BCUT2D eigenvalue weighted by atomic mass is 16.1. The van der Waals surface area contributed by atoms with Crippen molar-refractivity contribution in [2.45, 2.75) is 13.3 Å². The van der Waals surface area contributed by atoms with Crippen LogP contribution in [0.5, 0.6) is 0 Å². The lowest BCUT2D eigenvalue weighted by atomic mass is 10.0. The predicted molar refractivity (Wildman–Crippen MR) is 98.4 cm³/mol. The Morgan fingerprint density at radius 3 is 2.52 bits per heavy atom. The van der Waals surface area contributed by atoms with Gasteiger partial charge in [-0.15, -0.1) is 0 Å². The van der Waals surface area contributed by atoms with E-state index in [2.05, 4.69) is 6.07 Å². The largest absolute Gasteiger partial charge is 0.399 e. The summed E-state index contributed by atoms with van der Waals surface area (Å²) in [6.07, 6.45) is 0.570. The van der Waals surface area contributed by atoms with Crippen LogP contribution in [0.4, 0.5) is 5.69 Å². The first kappa shape index (κ1) is 16.5. The van der Waals surface area contributed by atoms with Crippen molar-refractivity contribution in [2.24, 2.45) is 7.05 Å². The van der Waals surface area contributed by atoms with Crippen LogP contribution in [-0.2, 0) is 13.5 Å². The molecule has 0 bridgehead atoms. The summed E-state index contributed by atoms with van der Waals surface area (Å²) in [4.78, 5) is 12.7. The standard InChI is InChI=1S/C21H19N3O/c1-14-3-5-15(6-4-14)21(25)20-10-9-19(24(20)2)12-16-7-8-18(23)11-17(16)13-22/h3-11H,12,23H2,1-2H3. The van der Waals surface area contributed by atoms with Crippen LogP contribution in [0.25, 0.3) is 0 Å². The second kappa shape index (κ2) is 6.66. The number of ketones is 1. The van der Waals surface area contributed by atoms with Crippen LogP contribution < -0.4 is 5.73 Å². The van der Waals surface area contributed by atoms with Crippen molar-refractivity contribution in [2.75, 3.05) is 5.73 Å². The topological polar surface area (TPSA) is 71.8 Å². The Morgan fingerprint density at radius 2 is 1.84 bits per heavy atom. The van der Waals surface area contributed by atoms with E-state index in [4.69, 9.17) is 5.73 Å². The first-order valence-electron chi connectivity index (χ1n) is 8.04. The molecular formula is C21H19N3O. The van der Waals surface area contributed by atoms with Crippen LogP contribution in [0.15, 0.2) is 54.6 Å². The molecule has 3 aromatic rings. The summed E-state index contributed by atoms with van der Waals surface area (Å²) >= 11 is 0. The van der Waals surface area contributed by atoms with Gasteiger partial charge in [-0.05, 0) is 36.8 Å². The summed E-state index contributed by atoms with van der Waals surface area (Å²) in [5, 5.41) is 9.29. The molecule has 4 heteroatoms.